The lowest BCUT2D eigenvalue weighted by Gasteiger charge is -2.25. The van der Waals surface area contributed by atoms with Crippen LogP contribution in [0.1, 0.15) is 16.5 Å². The van der Waals surface area contributed by atoms with Crippen LogP contribution in [0, 0.1) is 0 Å². The van der Waals surface area contributed by atoms with Crippen LogP contribution in [-0.2, 0) is 11.0 Å². The van der Waals surface area contributed by atoms with E-state index in [0.29, 0.717) is 17.0 Å². The van der Waals surface area contributed by atoms with Gasteiger partial charge >= 0.3 is 6.18 Å². The minimum Gasteiger partial charge on any atom is -0.495 e. The Morgan fingerprint density at radius 1 is 1.24 bits per heavy atom. The number of methoxy groups -OCH3 is 1. The summed E-state index contributed by atoms with van der Waals surface area (Å²) >= 11 is 4.65. The number of thioether (sulfide) groups is 1. The Bertz CT molecular complexity index is 813. The van der Waals surface area contributed by atoms with Crippen LogP contribution in [0.4, 0.5) is 18.9 Å². The molecule has 0 N–H and O–H groups in total. The standard InChI is InChI=1S/C17H13BrF3NO2S/c1-24-14-8-12(5-6-13(14)18)22-15(23)9-25-16(22)10-3-2-4-11(7-10)17(19,20)21/h2-8,16H,9H2,1H3. The Balaban J connectivity index is 2.01. The van der Waals surface area contributed by atoms with Gasteiger partial charge < -0.3 is 4.74 Å². The predicted molar refractivity (Wildman–Crippen MR) is 94.8 cm³/mol. The molecule has 132 valence electrons. The number of halogens is 4. The molecule has 8 heteroatoms. The molecule has 0 radical (unpaired) electrons. The Hall–Kier alpha value is -1.67. The highest BCUT2D eigenvalue weighted by Gasteiger charge is 2.36. The zero-order chi connectivity index (χ0) is 18.2. The van der Waals surface area contributed by atoms with Crippen molar-refractivity contribution in [3.05, 3.63) is 58.1 Å². The number of benzene rings is 2. The van der Waals surface area contributed by atoms with Gasteiger partial charge in [0.2, 0.25) is 5.91 Å². The van der Waals surface area contributed by atoms with Gasteiger partial charge in [-0.1, -0.05) is 12.1 Å². The molecule has 0 aliphatic carbocycles. The number of hydrogen-bond acceptors (Lipinski definition) is 3. The summed E-state index contributed by atoms with van der Waals surface area (Å²) in [6.07, 6.45) is -4.42. The van der Waals surface area contributed by atoms with E-state index >= 15 is 0 Å². The molecular weight excluding hydrogens is 419 g/mol. The van der Waals surface area contributed by atoms with Gasteiger partial charge in [0, 0.05) is 11.8 Å². The van der Waals surface area contributed by atoms with E-state index < -0.39 is 17.1 Å². The molecule has 1 aliphatic rings. The summed E-state index contributed by atoms with van der Waals surface area (Å²) in [6, 6.07) is 10.3. The van der Waals surface area contributed by atoms with E-state index in [4.69, 9.17) is 4.74 Å². The van der Waals surface area contributed by atoms with E-state index in [2.05, 4.69) is 15.9 Å². The molecule has 1 amide bonds. The van der Waals surface area contributed by atoms with Gasteiger partial charge in [0.25, 0.3) is 0 Å². The molecule has 2 aromatic carbocycles. The maximum absolute atomic E-state index is 13.0. The Labute approximate surface area is 155 Å². The normalized spacial score (nSPS) is 17.9. The highest BCUT2D eigenvalue weighted by atomic mass is 79.9. The monoisotopic (exact) mass is 431 g/mol. The summed E-state index contributed by atoms with van der Waals surface area (Å²) in [5.74, 6) is 0.598. The molecular formula is C17H13BrF3NO2S. The van der Waals surface area contributed by atoms with Crippen molar-refractivity contribution in [2.75, 3.05) is 17.8 Å². The minimum absolute atomic E-state index is 0.156. The first kappa shape index (κ1) is 18.1. The molecule has 1 atom stereocenters. The van der Waals surface area contributed by atoms with Gasteiger partial charge in [0.05, 0.1) is 22.9 Å². The molecule has 0 saturated carbocycles. The van der Waals surface area contributed by atoms with Gasteiger partial charge in [-0.2, -0.15) is 13.2 Å². The number of alkyl halides is 3. The third-order valence-corrected chi connectivity index (χ3v) is 5.65. The second kappa shape index (κ2) is 6.92. The van der Waals surface area contributed by atoms with Crippen molar-refractivity contribution in [3.8, 4) is 5.75 Å². The van der Waals surface area contributed by atoms with E-state index in [9.17, 15) is 18.0 Å². The van der Waals surface area contributed by atoms with E-state index in [0.717, 1.165) is 16.6 Å². The Morgan fingerprint density at radius 3 is 2.68 bits per heavy atom. The quantitative estimate of drug-likeness (QED) is 0.663. The lowest BCUT2D eigenvalue weighted by Crippen LogP contribution is -2.28. The van der Waals surface area contributed by atoms with Crippen LogP contribution in [0.3, 0.4) is 0 Å². The van der Waals surface area contributed by atoms with Crippen LogP contribution in [-0.4, -0.2) is 18.8 Å². The van der Waals surface area contributed by atoms with Gasteiger partial charge in [-0.25, -0.2) is 0 Å². The summed E-state index contributed by atoms with van der Waals surface area (Å²) in [7, 11) is 1.51. The number of carbonyl (C=O) groups is 1. The van der Waals surface area contributed by atoms with Crippen LogP contribution in [0.15, 0.2) is 46.9 Å². The maximum atomic E-state index is 13.0. The maximum Gasteiger partial charge on any atom is 0.416 e. The van der Waals surface area contributed by atoms with Gasteiger partial charge in [0.1, 0.15) is 11.1 Å². The third kappa shape index (κ3) is 3.64. The van der Waals surface area contributed by atoms with Crippen LogP contribution < -0.4 is 9.64 Å². The van der Waals surface area contributed by atoms with Crippen LogP contribution in [0.2, 0.25) is 0 Å². The predicted octanol–water partition coefficient (Wildman–Crippen LogP) is 5.26. The average Bonchev–Trinajstić information content (AvgIpc) is 2.96. The largest absolute Gasteiger partial charge is 0.495 e. The molecule has 1 aliphatic heterocycles. The second-order valence-electron chi connectivity index (χ2n) is 5.37. The van der Waals surface area contributed by atoms with Crippen molar-refractivity contribution < 1.29 is 22.7 Å². The molecule has 1 heterocycles. The smallest absolute Gasteiger partial charge is 0.416 e. The zero-order valence-electron chi connectivity index (χ0n) is 13.0. The van der Waals surface area contributed by atoms with Gasteiger partial charge in [0.15, 0.2) is 0 Å². The Kier molecular flexibility index (Phi) is 5.02. The second-order valence-corrected chi connectivity index (χ2v) is 7.29. The molecule has 0 bridgehead atoms. The highest BCUT2D eigenvalue weighted by Crippen LogP contribution is 2.44. The number of hydrogen-bond donors (Lipinski definition) is 0. The van der Waals surface area contributed by atoms with Crippen molar-refractivity contribution in [3.63, 3.8) is 0 Å². The van der Waals surface area contributed by atoms with E-state index in [1.54, 1.807) is 24.3 Å². The number of rotatable bonds is 3. The molecule has 3 rings (SSSR count). The molecule has 2 aromatic rings. The van der Waals surface area contributed by atoms with Crippen molar-refractivity contribution in [2.24, 2.45) is 0 Å². The zero-order valence-corrected chi connectivity index (χ0v) is 15.4. The number of nitrogens with zero attached hydrogens (tertiary/aromatic N) is 1. The number of anilines is 1. The Morgan fingerprint density at radius 2 is 2.00 bits per heavy atom. The van der Waals surface area contributed by atoms with Gasteiger partial charge in [-0.15, -0.1) is 11.8 Å². The fraction of sp³-hybridized carbons (Fsp3) is 0.235. The first-order chi connectivity index (χ1) is 11.8. The molecule has 0 aromatic heterocycles. The van der Waals surface area contributed by atoms with Crippen LogP contribution in [0.25, 0.3) is 0 Å². The van der Waals surface area contributed by atoms with Crippen LogP contribution in [0.5, 0.6) is 5.75 Å². The molecule has 1 fully saturated rings. The fourth-order valence-corrected chi connectivity index (χ4v) is 4.19. The summed E-state index contributed by atoms with van der Waals surface area (Å²) in [6.45, 7) is 0. The van der Waals surface area contributed by atoms with Gasteiger partial charge in [-0.05, 0) is 45.8 Å². The number of amides is 1. The van der Waals surface area contributed by atoms with Crippen LogP contribution >= 0.6 is 27.7 Å². The van der Waals surface area contributed by atoms with E-state index in [-0.39, 0.29) is 11.7 Å². The lowest BCUT2D eigenvalue weighted by atomic mass is 10.1. The molecule has 3 nitrogen and oxygen atoms in total. The third-order valence-electron chi connectivity index (χ3n) is 3.78. The SMILES string of the molecule is COc1cc(N2C(=O)CSC2c2cccc(C(F)(F)F)c2)ccc1Br. The summed E-state index contributed by atoms with van der Waals surface area (Å²) in [5.41, 5.74) is 0.295. The minimum atomic E-state index is -4.42. The van der Waals surface area contributed by atoms with E-state index in [1.807, 2.05) is 0 Å². The lowest BCUT2D eigenvalue weighted by molar-refractivity contribution is -0.137. The topological polar surface area (TPSA) is 29.5 Å². The molecule has 25 heavy (non-hydrogen) atoms. The summed E-state index contributed by atoms with van der Waals surface area (Å²) in [4.78, 5) is 13.9. The highest BCUT2D eigenvalue weighted by molar-refractivity contribution is 9.10. The summed E-state index contributed by atoms with van der Waals surface area (Å²) in [5, 5.41) is -0.513. The number of ether oxygens (including phenoxy) is 1. The van der Waals surface area contributed by atoms with Gasteiger partial charge in [-0.3, -0.25) is 9.69 Å². The van der Waals surface area contributed by atoms with Crippen molar-refractivity contribution in [1.29, 1.82) is 0 Å². The first-order valence-corrected chi connectivity index (χ1v) is 9.10. The first-order valence-electron chi connectivity index (χ1n) is 7.25. The fourth-order valence-electron chi connectivity index (χ4n) is 2.62. The molecule has 1 saturated heterocycles. The average molecular weight is 432 g/mol. The molecule has 0 spiro atoms. The summed E-state index contributed by atoms with van der Waals surface area (Å²) < 4.78 is 44.9. The van der Waals surface area contributed by atoms with Crippen molar-refractivity contribution >= 4 is 39.3 Å². The van der Waals surface area contributed by atoms with Crippen molar-refractivity contribution in [2.45, 2.75) is 11.6 Å². The number of carbonyl (C=O) groups excluding carboxylic acids is 1. The van der Waals surface area contributed by atoms with E-state index in [1.165, 1.54) is 29.8 Å². The van der Waals surface area contributed by atoms with Crippen molar-refractivity contribution in [1.82, 2.24) is 0 Å². The molecule has 1 unspecified atom stereocenters.